The van der Waals surface area contributed by atoms with Crippen molar-refractivity contribution in [2.45, 2.75) is 25.7 Å². The molecule has 0 spiro atoms. The standard InChI is InChI=1S/C21H22O6/c22-19(23)11-12-20(24)26-13-5-1-2-6-14-27-21(25)18-10-9-16-7-3-4-8-17(16)15-18/h3-4,7-12,15H,1-2,5-6,13-14H2,(H,22,23). The van der Waals surface area contributed by atoms with E-state index in [2.05, 4.69) is 0 Å². The number of hydrogen-bond acceptors (Lipinski definition) is 5. The lowest BCUT2D eigenvalue weighted by atomic mass is 10.1. The molecule has 2 rings (SSSR count). The molecule has 0 aromatic heterocycles. The zero-order valence-corrected chi connectivity index (χ0v) is 14.9. The highest BCUT2D eigenvalue weighted by molar-refractivity contribution is 5.95. The first-order valence-electron chi connectivity index (χ1n) is 8.80. The van der Waals surface area contributed by atoms with Crippen molar-refractivity contribution in [3.8, 4) is 0 Å². The average Bonchev–Trinajstić information content (AvgIpc) is 2.67. The van der Waals surface area contributed by atoms with Gasteiger partial charge in [0.15, 0.2) is 0 Å². The molecule has 6 nitrogen and oxygen atoms in total. The smallest absolute Gasteiger partial charge is 0.338 e. The van der Waals surface area contributed by atoms with E-state index in [1.165, 1.54) is 0 Å². The zero-order chi connectivity index (χ0) is 19.5. The molecule has 0 saturated heterocycles. The summed E-state index contributed by atoms with van der Waals surface area (Å²) in [6, 6.07) is 13.3. The molecular weight excluding hydrogens is 348 g/mol. The Hall–Kier alpha value is -3.15. The van der Waals surface area contributed by atoms with Crippen LogP contribution in [0, 0.1) is 0 Å². The van der Waals surface area contributed by atoms with Gasteiger partial charge in [-0.3, -0.25) is 0 Å². The maximum atomic E-state index is 12.1. The van der Waals surface area contributed by atoms with Gasteiger partial charge in [-0.2, -0.15) is 0 Å². The number of esters is 2. The van der Waals surface area contributed by atoms with Crippen molar-refractivity contribution < 1.29 is 29.0 Å². The van der Waals surface area contributed by atoms with Gasteiger partial charge < -0.3 is 14.6 Å². The van der Waals surface area contributed by atoms with Gasteiger partial charge in [-0.25, -0.2) is 14.4 Å². The molecule has 6 heteroatoms. The first-order chi connectivity index (χ1) is 13.1. The first-order valence-corrected chi connectivity index (χ1v) is 8.80. The van der Waals surface area contributed by atoms with E-state index in [4.69, 9.17) is 14.6 Å². The summed E-state index contributed by atoms with van der Waals surface area (Å²) >= 11 is 0. The lowest BCUT2D eigenvalue weighted by Crippen LogP contribution is -2.06. The number of unbranched alkanes of at least 4 members (excludes halogenated alkanes) is 3. The Kier molecular flexibility index (Phi) is 8.03. The van der Waals surface area contributed by atoms with Gasteiger partial charge in [-0.05, 0) is 48.6 Å². The maximum absolute atomic E-state index is 12.1. The molecule has 0 radical (unpaired) electrons. The van der Waals surface area contributed by atoms with Crippen LogP contribution < -0.4 is 0 Å². The van der Waals surface area contributed by atoms with Crippen LogP contribution in [0.3, 0.4) is 0 Å². The Labute approximate surface area is 157 Å². The summed E-state index contributed by atoms with van der Waals surface area (Å²) in [5.41, 5.74) is 0.537. The lowest BCUT2D eigenvalue weighted by Gasteiger charge is -2.06. The van der Waals surface area contributed by atoms with Crippen LogP contribution in [0.15, 0.2) is 54.6 Å². The topological polar surface area (TPSA) is 89.9 Å². The molecule has 0 unspecified atom stereocenters. The predicted octanol–water partition coefficient (Wildman–Crippen LogP) is 3.74. The number of benzene rings is 2. The first kappa shape index (κ1) is 20.2. The molecule has 0 saturated carbocycles. The number of hydrogen-bond donors (Lipinski definition) is 1. The van der Waals surface area contributed by atoms with E-state index < -0.39 is 11.9 Å². The molecular formula is C21H22O6. The van der Waals surface area contributed by atoms with Gasteiger partial charge in [0, 0.05) is 12.2 Å². The van der Waals surface area contributed by atoms with Crippen LogP contribution in [0.1, 0.15) is 36.0 Å². The van der Waals surface area contributed by atoms with Crippen LogP contribution in [0.5, 0.6) is 0 Å². The molecule has 0 aliphatic rings. The SMILES string of the molecule is O=C(O)C=CC(=O)OCCCCCCOC(=O)c1ccc2ccccc2c1. The summed E-state index contributed by atoms with van der Waals surface area (Å²) in [6.45, 7) is 0.576. The van der Waals surface area contributed by atoms with Crippen molar-refractivity contribution in [2.24, 2.45) is 0 Å². The van der Waals surface area contributed by atoms with Crippen molar-refractivity contribution >= 4 is 28.7 Å². The number of fused-ring (bicyclic) bond motifs is 1. The van der Waals surface area contributed by atoms with Crippen molar-refractivity contribution in [2.75, 3.05) is 13.2 Å². The van der Waals surface area contributed by atoms with Gasteiger partial charge in [0.25, 0.3) is 0 Å². The van der Waals surface area contributed by atoms with E-state index in [0.29, 0.717) is 18.6 Å². The fourth-order valence-electron chi connectivity index (χ4n) is 2.48. The van der Waals surface area contributed by atoms with Crippen molar-refractivity contribution in [1.82, 2.24) is 0 Å². The van der Waals surface area contributed by atoms with E-state index in [1.807, 2.05) is 36.4 Å². The van der Waals surface area contributed by atoms with Crippen LogP contribution in [-0.4, -0.2) is 36.2 Å². The van der Waals surface area contributed by atoms with Crippen molar-refractivity contribution in [1.29, 1.82) is 0 Å². The number of carboxylic acid groups (broad SMARTS) is 1. The third-order valence-corrected chi connectivity index (χ3v) is 3.86. The number of ether oxygens (including phenoxy) is 2. The molecule has 0 fully saturated rings. The van der Waals surface area contributed by atoms with Gasteiger partial charge in [-0.1, -0.05) is 30.3 Å². The predicted molar refractivity (Wildman–Crippen MR) is 100 cm³/mol. The Morgan fingerprint density at radius 2 is 1.48 bits per heavy atom. The van der Waals surface area contributed by atoms with Crippen LogP contribution in [0.25, 0.3) is 10.8 Å². The Morgan fingerprint density at radius 1 is 0.815 bits per heavy atom. The minimum absolute atomic E-state index is 0.236. The summed E-state index contributed by atoms with van der Waals surface area (Å²) in [4.78, 5) is 33.5. The van der Waals surface area contributed by atoms with Crippen LogP contribution in [0.4, 0.5) is 0 Å². The molecule has 27 heavy (non-hydrogen) atoms. The summed E-state index contributed by atoms with van der Waals surface area (Å²) in [5.74, 6) is -2.19. The Morgan fingerprint density at radius 3 is 2.19 bits per heavy atom. The second-order valence-electron chi connectivity index (χ2n) is 5.95. The minimum Gasteiger partial charge on any atom is -0.478 e. The summed E-state index contributed by atoms with van der Waals surface area (Å²) < 4.78 is 10.1. The number of aliphatic carboxylic acids is 1. The highest BCUT2D eigenvalue weighted by Crippen LogP contribution is 2.16. The van der Waals surface area contributed by atoms with Crippen molar-refractivity contribution in [3.63, 3.8) is 0 Å². The second kappa shape index (κ2) is 10.8. The highest BCUT2D eigenvalue weighted by Gasteiger charge is 2.07. The summed E-state index contributed by atoms with van der Waals surface area (Å²) in [5, 5.41) is 10.5. The maximum Gasteiger partial charge on any atom is 0.338 e. The fraction of sp³-hybridized carbons (Fsp3) is 0.286. The molecule has 142 valence electrons. The summed E-state index contributed by atoms with van der Waals surface area (Å²) in [6.07, 6.45) is 4.69. The number of carbonyl (C=O) groups excluding carboxylic acids is 2. The summed E-state index contributed by atoms with van der Waals surface area (Å²) in [7, 11) is 0. The second-order valence-corrected chi connectivity index (χ2v) is 5.95. The van der Waals surface area contributed by atoms with Crippen LogP contribution >= 0.6 is 0 Å². The molecule has 0 heterocycles. The molecule has 0 aliphatic carbocycles. The average molecular weight is 370 g/mol. The third-order valence-electron chi connectivity index (χ3n) is 3.86. The van der Waals surface area contributed by atoms with E-state index >= 15 is 0 Å². The van der Waals surface area contributed by atoms with Gasteiger partial charge in [0.1, 0.15) is 0 Å². The zero-order valence-electron chi connectivity index (χ0n) is 14.9. The van der Waals surface area contributed by atoms with E-state index in [-0.39, 0.29) is 12.6 Å². The number of rotatable bonds is 10. The van der Waals surface area contributed by atoms with E-state index in [9.17, 15) is 14.4 Å². The Balaban J connectivity index is 1.57. The number of carboxylic acids is 1. The van der Waals surface area contributed by atoms with E-state index in [1.54, 1.807) is 6.07 Å². The fourth-order valence-corrected chi connectivity index (χ4v) is 2.48. The lowest BCUT2D eigenvalue weighted by molar-refractivity contribution is -0.138. The molecule has 2 aromatic rings. The van der Waals surface area contributed by atoms with Crippen LogP contribution in [0.2, 0.25) is 0 Å². The number of carbonyl (C=O) groups is 3. The monoisotopic (exact) mass is 370 g/mol. The highest BCUT2D eigenvalue weighted by atomic mass is 16.5. The van der Waals surface area contributed by atoms with Gasteiger partial charge in [-0.15, -0.1) is 0 Å². The minimum atomic E-state index is -1.19. The van der Waals surface area contributed by atoms with Crippen LogP contribution in [-0.2, 0) is 19.1 Å². The molecule has 0 aliphatic heterocycles. The van der Waals surface area contributed by atoms with Gasteiger partial charge in [0.2, 0.25) is 0 Å². The molecule has 0 atom stereocenters. The van der Waals surface area contributed by atoms with Gasteiger partial charge in [0.05, 0.1) is 18.8 Å². The molecule has 0 amide bonds. The largest absolute Gasteiger partial charge is 0.478 e. The van der Waals surface area contributed by atoms with E-state index in [0.717, 1.165) is 42.2 Å². The van der Waals surface area contributed by atoms with Crippen molar-refractivity contribution in [3.05, 3.63) is 60.2 Å². The van der Waals surface area contributed by atoms with Gasteiger partial charge >= 0.3 is 17.9 Å². The molecule has 2 aromatic carbocycles. The Bertz CT molecular complexity index is 824. The third kappa shape index (κ3) is 7.32. The molecule has 1 N–H and O–H groups in total. The normalized spacial score (nSPS) is 10.8. The molecule has 0 bridgehead atoms. The quantitative estimate of drug-likeness (QED) is 0.389.